The van der Waals surface area contributed by atoms with Gasteiger partial charge in [-0.1, -0.05) is 66.7 Å². The lowest BCUT2D eigenvalue weighted by Gasteiger charge is -2.10. The van der Waals surface area contributed by atoms with Crippen LogP contribution >= 0.6 is 0 Å². The predicted molar refractivity (Wildman–Crippen MR) is 119 cm³/mol. The fourth-order valence-electron chi connectivity index (χ4n) is 4.99. The molecular weight excluding hydrogens is 338 g/mol. The van der Waals surface area contributed by atoms with E-state index in [1.54, 1.807) is 0 Å². The van der Waals surface area contributed by atoms with Gasteiger partial charge >= 0.3 is 0 Å². The van der Waals surface area contributed by atoms with Crippen LogP contribution in [0.3, 0.4) is 0 Å². The third-order valence-corrected chi connectivity index (χ3v) is 6.25. The Labute approximate surface area is 164 Å². The molecule has 1 heterocycles. The van der Waals surface area contributed by atoms with Crippen molar-refractivity contribution in [1.82, 2.24) is 4.57 Å². The van der Waals surface area contributed by atoms with E-state index in [0.717, 1.165) is 13.0 Å². The summed E-state index contributed by atoms with van der Waals surface area (Å²) in [6.07, 6.45) is 1.02. The molecule has 0 aliphatic heterocycles. The summed E-state index contributed by atoms with van der Waals surface area (Å²) < 4.78 is 2.42. The van der Waals surface area contributed by atoms with Crippen molar-refractivity contribution in [3.8, 4) is 22.3 Å². The Morgan fingerprint density at radius 3 is 2.36 bits per heavy atom. The topological polar surface area (TPSA) is 4.93 Å². The summed E-state index contributed by atoms with van der Waals surface area (Å²) in [5.74, 6) is 0. The number of nitrogens with zero attached hydrogens (tertiary/aromatic N) is 1. The molecule has 1 aliphatic carbocycles. The maximum absolute atomic E-state index is 2.42. The first kappa shape index (κ1) is 15.7. The zero-order chi connectivity index (χ0) is 18.7. The van der Waals surface area contributed by atoms with Gasteiger partial charge in [-0.15, -0.1) is 0 Å². The highest BCUT2D eigenvalue weighted by Gasteiger charge is 2.21. The summed E-state index contributed by atoms with van der Waals surface area (Å²) in [4.78, 5) is 0. The molecule has 4 aromatic carbocycles. The second-order valence-electron chi connectivity index (χ2n) is 7.66. The molecule has 0 fully saturated rings. The smallest absolute Gasteiger partial charge is 0.0491 e. The van der Waals surface area contributed by atoms with E-state index in [2.05, 4.69) is 96.4 Å². The first-order valence-corrected chi connectivity index (χ1v) is 10.1. The molecule has 0 radical (unpaired) electrons. The number of benzene rings is 4. The number of hydrogen-bond acceptors (Lipinski definition) is 0. The molecule has 1 aromatic heterocycles. The third kappa shape index (κ3) is 2.07. The lowest BCUT2D eigenvalue weighted by Crippen LogP contribution is -1.93. The van der Waals surface area contributed by atoms with Crippen LogP contribution in [-0.4, -0.2) is 4.57 Å². The van der Waals surface area contributed by atoms with Crippen LogP contribution in [0.1, 0.15) is 18.1 Å². The zero-order valence-corrected chi connectivity index (χ0v) is 15.9. The van der Waals surface area contributed by atoms with Crippen LogP contribution in [-0.2, 0) is 13.0 Å². The van der Waals surface area contributed by atoms with Crippen molar-refractivity contribution in [2.24, 2.45) is 0 Å². The van der Waals surface area contributed by atoms with Crippen LogP contribution in [0.5, 0.6) is 0 Å². The molecule has 1 aliphatic rings. The molecule has 0 spiro atoms. The maximum Gasteiger partial charge on any atom is 0.0491 e. The van der Waals surface area contributed by atoms with Gasteiger partial charge in [0.2, 0.25) is 0 Å². The van der Waals surface area contributed by atoms with Crippen molar-refractivity contribution in [3.05, 3.63) is 96.1 Å². The van der Waals surface area contributed by atoms with E-state index in [9.17, 15) is 0 Å². The summed E-state index contributed by atoms with van der Waals surface area (Å²) in [6, 6.07) is 31.3. The second kappa shape index (κ2) is 5.84. The van der Waals surface area contributed by atoms with E-state index in [1.165, 1.54) is 55.2 Å². The molecule has 1 heteroatoms. The highest BCUT2D eigenvalue weighted by molar-refractivity contribution is 6.09. The molecule has 5 aromatic rings. The van der Waals surface area contributed by atoms with Gasteiger partial charge in [0.25, 0.3) is 0 Å². The number of aryl methyl sites for hydroxylation is 1. The van der Waals surface area contributed by atoms with Crippen LogP contribution < -0.4 is 0 Å². The standard InChI is InChI=1S/C27H21N/c1-2-28-26-13-6-5-10-23(26)25-17-19(14-15-27(25)28)21-11-7-12-22-20-9-4-3-8-18(20)16-24(21)22/h3-15,17H,2,16H2,1H3. The minimum Gasteiger partial charge on any atom is -0.341 e. The lowest BCUT2D eigenvalue weighted by atomic mass is 9.95. The Morgan fingerprint density at radius 2 is 1.43 bits per heavy atom. The molecular formula is C27H21N. The SMILES string of the molecule is CCn1c2ccccc2c2cc(-c3cccc4c3Cc3ccccc3-4)ccc21. The van der Waals surface area contributed by atoms with Crippen molar-refractivity contribution in [2.45, 2.75) is 19.9 Å². The average Bonchev–Trinajstić information content (AvgIpc) is 3.28. The van der Waals surface area contributed by atoms with Crippen molar-refractivity contribution >= 4 is 21.8 Å². The molecule has 0 atom stereocenters. The minimum atomic E-state index is 0.986. The fourth-order valence-corrected chi connectivity index (χ4v) is 4.99. The Balaban J connectivity index is 1.60. The van der Waals surface area contributed by atoms with Crippen LogP contribution in [0, 0.1) is 0 Å². The Bertz CT molecular complexity index is 1370. The van der Waals surface area contributed by atoms with Crippen molar-refractivity contribution in [2.75, 3.05) is 0 Å². The minimum absolute atomic E-state index is 0.986. The van der Waals surface area contributed by atoms with Gasteiger partial charge in [-0.2, -0.15) is 0 Å². The molecule has 0 N–H and O–H groups in total. The van der Waals surface area contributed by atoms with E-state index in [0.29, 0.717) is 0 Å². The molecule has 0 saturated carbocycles. The number of fused-ring (bicyclic) bond motifs is 6. The molecule has 134 valence electrons. The average molecular weight is 359 g/mol. The summed E-state index contributed by atoms with van der Waals surface area (Å²) in [5, 5.41) is 2.69. The van der Waals surface area contributed by atoms with E-state index >= 15 is 0 Å². The predicted octanol–water partition coefficient (Wildman–Crippen LogP) is 7.05. The monoisotopic (exact) mass is 359 g/mol. The highest BCUT2D eigenvalue weighted by atomic mass is 15.0. The number of hydrogen-bond donors (Lipinski definition) is 0. The van der Waals surface area contributed by atoms with Gasteiger partial charge in [-0.25, -0.2) is 0 Å². The Kier molecular flexibility index (Phi) is 3.28. The zero-order valence-electron chi connectivity index (χ0n) is 15.9. The van der Waals surface area contributed by atoms with Crippen molar-refractivity contribution < 1.29 is 0 Å². The largest absolute Gasteiger partial charge is 0.341 e. The molecule has 0 amide bonds. The molecule has 6 rings (SSSR count). The fraction of sp³-hybridized carbons (Fsp3) is 0.111. The normalized spacial score (nSPS) is 12.5. The first-order chi connectivity index (χ1) is 13.8. The Morgan fingerprint density at radius 1 is 0.679 bits per heavy atom. The Hall–Kier alpha value is -3.32. The van der Waals surface area contributed by atoms with Crippen molar-refractivity contribution in [3.63, 3.8) is 0 Å². The van der Waals surface area contributed by atoms with Gasteiger partial charge in [0.05, 0.1) is 0 Å². The number of rotatable bonds is 2. The number of aromatic nitrogens is 1. The van der Waals surface area contributed by atoms with E-state index in [1.807, 2.05) is 0 Å². The quantitative estimate of drug-likeness (QED) is 0.312. The number of para-hydroxylation sites is 1. The van der Waals surface area contributed by atoms with Crippen LogP contribution in [0.2, 0.25) is 0 Å². The summed E-state index contributed by atoms with van der Waals surface area (Å²) in [7, 11) is 0. The second-order valence-corrected chi connectivity index (χ2v) is 7.66. The molecule has 0 unspecified atom stereocenters. The van der Waals surface area contributed by atoms with Crippen LogP contribution in [0.25, 0.3) is 44.1 Å². The van der Waals surface area contributed by atoms with Gasteiger partial charge in [0, 0.05) is 28.4 Å². The van der Waals surface area contributed by atoms with Crippen molar-refractivity contribution in [1.29, 1.82) is 0 Å². The van der Waals surface area contributed by atoms with Crippen LogP contribution in [0.4, 0.5) is 0 Å². The lowest BCUT2D eigenvalue weighted by molar-refractivity contribution is 0.827. The van der Waals surface area contributed by atoms with E-state index in [-0.39, 0.29) is 0 Å². The summed E-state index contributed by atoms with van der Waals surface area (Å²) >= 11 is 0. The van der Waals surface area contributed by atoms with E-state index in [4.69, 9.17) is 0 Å². The van der Waals surface area contributed by atoms with Gasteiger partial charge in [0.1, 0.15) is 0 Å². The van der Waals surface area contributed by atoms with Crippen LogP contribution in [0.15, 0.2) is 84.9 Å². The summed E-state index contributed by atoms with van der Waals surface area (Å²) in [6.45, 7) is 3.21. The molecule has 0 bridgehead atoms. The summed E-state index contributed by atoms with van der Waals surface area (Å²) in [5.41, 5.74) is 11.0. The van der Waals surface area contributed by atoms with Gasteiger partial charge in [-0.05, 0) is 64.9 Å². The van der Waals surface area contributed by atoms with Gasteiger partial charge in [0.15, 0.2) is 0 Å². The van der Waals surface area contributed by atoms with E-state index < -0.39 is 0 Å². The first-order valence-electron chi connectivity index (χ1n) is 10.1. The van der Waals surface area contributed by atoms with Gasteiger partial charge in [-0.3, -0.25) is 0 Å². The highest BCUT2D eigenvalue weighted by Crippen LogP contribution is 2.42. The third-order valence-electron chi connectivity index (χ3n) is 6.25. The maximum atomic E-state index is 2.42. The molecule has 1 nitrogen and oxygen atoms in total. The van der Waals surface area contributed by atoms with Gasteiger partial charge < -0.3 is 4.57 Å². The molecule has 0 saturated heterocycles. The molecule has 28 heavy (non-hydrogen) atoms.